The number of hydrogen-bond donors (Lipinski definition) is 2. The smallest absolute Gasteiger partial charge is 0.251 e. The topological polar surface area (TPSA) is 52.6 Å². The quantitative estimate of drug-likeness (QED) is 0.626. The fourth-order valence-electron chi connectivity index (χ4n) is 1.30. The average molecular weight is 202 g/mol. The molecule has 0 unspecified atom stereocenters. The van der Waals surface area contributed by atoms with Gasteiger partial charge in [-0.05, 0) is 32.5 Å². The van der Waals surface area contributed by atoms with Crippen molar-refractivity contribution in [1.82, 2.24) is 10.2 Å². The van der Waals surface area contributed by atoms with Gasteiger partial charge in [0.1, 0.15) is 5.54 Å². The Morgan fingerprint density at radius 3 is 2.62 bits per heavy atom. The molecule has 0 aliphatic carbocycles. The Hall–Kier alpha value is -0.680. The third kappa shape index (κ3) is 1.81. The second-order valence-electron chi connectivity index (χ2n) is 3.55. The van der Waals surface area contributed by atoms with Crippen LogP contribution in [0.5, 0.6) is 0 Å². The van der Waals surface area contributed by atoms with Gasteiger partial charge in [-0.25, -0.2) is 0 Å². The Morgan fingerprint density at radius 1 is 1.62 bits per heavy atom. The van der Waals surface area contributed by atoms with E-state index in [-0.39, 0.29) is 12.5 Å². The van der Waals surface area contributed by atoms with Gasteiger partial charge in [0.15, 0.2) is 5.11 Å². The van der Waals surface area contributed by atoms with Gasteiger partial charge in [0.2, 0.25) is 0 Å². The molecule has 0 aromatic rings. The van der Waals surface area contributed by atoms with Gasteiger partial charge in [0, 0.05) is 13.2 Å². The Kier molecular flexibility index (Phi) is 2.87. The molecular weight excluding hydrogens is 188 g/mol. The van der Waals surface area contributed by atoms with Gasteiger partial charge in [-0.15, -0.1) is 0 Å². The van der Waals surface area contributed by atoms with Crippen molar-refractivity contribution in [1.29, 1.82) is 0 Å². The first-order chi connectivity index (χ1) is 6.00. The van der Waals surface area contributed by atoms with Crippen molar-refractivity contribution in [2.75, 3.05) is 13.2 Å². The van der Waals surface area contributed by atoms with Crippen LogP contribution in [0.4, 0.5) is 0 Å². The van der Waals surface area contributed by atoms with Crippen LogP contribution in [0.25, 0.3) is 0 Å². The van der Waals surface area contributed by atoms with Crippen LogP contribution < -0.4 is 5.32 Å². The fourth-order valence-corrected chi connectivity index (χ4v) is 1.72. The highest BCUT2D eigenvalue weighted by molar-refractivity contribution is 7.80. The number of hydrogen-bond acceptors (Lipinski definition) is 3. The van der Waals surface area contributed by atoms with E-state index in [0.29, 0.717) is 18.1 Å². The van der Waals surface area contributed by atoms with Gasteiger partial charge in [-0.1, -0.05) is 0 Å². The van der Waals surface area contributed by atoms with Crippen LogP contribution in [0.3, 0.4) is 0 Å². The number of thiocarbonyl (C=S) groups is 1. The summed E-state index contributed by atoms with van der Waals surface area (Å²) in [7, 11) is 0. The third-order valence-electron chi connectivity index (χ3n) is 2.24. The van der Waals surface area contributed by atoms with E-state index in [1.807, 2.05) is 13.8 Å². The van der Waals surface area contributed by atoms with E-state index in [2.05, 4.69) is 5.32 Å². The van der Waals surface area contributed by atoms with Crippen molar-refractivity contribution >= 4 is 23.2 Å². The van der Waals surface area contributed by atoms with Gasteiger partial charge < -0.3 is 15.3 Å². The lowest BCUT2D eigenvalue weighted by Crippen LogP contribution is -2.44. The molecule has 1 aliphatic rings. The summed E-state index contributed by atoms with van der Waals surface area (Å²) in [6, 6.07) is 0. The second kappa shape index (κ2) is 3.59. The van der Waals surface area contributed by atoms with Crippen LogP contribution in [0, 0.1) is 0 Å². The molecule has 0 bridgehead atoms. The van der Waals surface area contributed by atoms with Crippen LogP contribution in [-0.2, 0) is 4.79 Å². The lowest BCUT2D eigenvalue weighted by Gasteiger charge is -2.29. The molecule has 74 valence electrons. The molecule has 4 nitrogen and oxygen atoms in total. The molecule has 0 saturated carbocycles. The molecule has 0 radical (unpaired) electrons. The monoisotopic (exact) mass is 202 g/mol. The zero-order valence-corrected chi connectivity index (χ0v) is 8.65. The number of nitrogens with zero attached hydrogens (tertiary/aromatic N) is 1. The van der Waals surface area contributed by atoms with Crippen LogP contribution in [0.2, 0.25) is 0 Å². The third-order valence-corrected chi connectivity index (χ3v) is 2.56. The number of rotatable bonds is 3. The molecule has 0 aromatic heterocycles. The number of aliphatic hydroxyl groups excluding tert-OH is 1. The molecule has 1 rings (SSSR count). The predicted molar refractivity (Wildman–Crippen MR) is 53.2 cm³/mol. The molecule has 1 fully saturated rings. The molecule has 5 heteroatoms. The summed E-state index contributed by atoms with van der Waals surface area (Å²) in [6.45, 7) is 4.36. The van der Waals surface area contributed by atoms with Gasteiger partial charge in [-0.3, -0.25) is 4.79 Å². The van der Waals surface area contributed by atoms with Crippen molar-refractivity contribution in [2.45, 2.75) is 25.8 Å². The number of carbonyl (C=O) groups is 1. The number of amides is 1. The average Bonchev–Trinajstić information content (AvgIpc) is 2.21. The van der Waals surface area contributed by atoms with E-state index < -0.39 is 5.54 Å². The molecule has 1 saturated heterocycles. The van der Waals surface area contributed by atoms with Crippen LogP contribution >= 0.6 is 12.2 Å². The maximum absolute atomic E-state index is 11.4. The Morgan fingerprint density at radius 2 is 2.23 bits per heavy atom. The Bertz CT molecular complexity index is 240. The van der Waals surface area contributed by atoms with Crippen LogP contribution in [0.1, 0.15) is 20.3 Å². The number of aliphatic hydroxyl groups is 1. The molecule has 2 N–H and O–H groups in total. The zero-order valence-electron chi connectivity index (χ0n) is 7.83. The standard InChI is InChI=1S/C8H14N2O2S/c1-8(2)6(12)9-7(13)10(8)4-3-5-11/h11H,3-5H2,1-2H3,(H,9,12,13). The van der Waals surface area contributed by atoms with Gasteiger partial charge in [-0.2, -0.15) is 0 Å². The van der Waals surface area contributed by atoms with E-state index >= 15 is 0 Å². The minimum atomic E-state index is -0.577. The highest BCUT2D eigenvalue weighted by atomic mass is 32.1. The van der Waals surface area contributed by atoms with E-state index in [0.717, 1.165) is 0 Å². The Labute approximate surface area is 82.9 Å². The van der Waals surface area contributed by atoms with E-state index in [1.54, 1.807) is 4.90 Å². The summed E-state index contributed by atoms with van der Waals surface area (Å²) in [5, 5.41) is 11.7. The molecule has 0 aromatic carbocycles. The van der Waals surface area contributed by atoms with Gasteiger partial charge in [0.05, 0.1) is 0 Å². The fraction of sp³-hybridized carbons (Fsp3) is 0.750. The summed E-state index contributed by atoms with van der Waals surface area (Å²) < 4.78 is 0. The lowest BCUT2D eigenvalue weighted by molar-refractivity contribution is -0.125. The van der Waals surface area contributed by atoms with E-state index in [4.69, 9.17) is 17.3 Å². The molecular formula is C8H14N2O2S. The zero-order chi connectivity index (χ0) is 10.1. The first-order valence-electron chi connectivity index (χ1n) is 4.24. The number of nitrogens with one attached hydrogen (secondary N) is 1. The SMILES string of the molecule is CC1(C)C(=O)NC(=S)N1CCCO. The summed E-state index contributed by atoms with van der Waals surface area (Å²) in [5.41, 5.74) is -0.577. The summed E-state index contributed by atoms with van der Waals surface area (Å²) in [6.07, 6.45) is 0.624. The maximum Gasteiger partial charge on any atom is 0.251 e. The predicted octanol–water partition coefficient (Wildman–Crippen LogP) is -0.136. The van der Waals surface area contributed by atoms with Crippen molar-refractivity contribution in [2.24, 2.45) is 0 Å². The van der Waals surface area contributed by atoms with Crippen molar-refractivity contribution < 1.29 is 9.90 Å². The molecule has 1 amide bonds. The highest BCUT2D eigenvalue weighted by Crippen LogP contribution is 2.20. The molecule has 13 heavy (non-hydrogen) atoms. The normalized spacial score (nSPS) is 20.7. The van der Waals surface area contributed by atoms with Crippen molar-refractivity contribution in [3.63, 3.8) is 0 Å². The van der Waals surface area contributed by atoms with E-state index in [9.17, 15) is 4.79 Å². The highest BCUT2D eigenvalue weighted by Gasteiger charge is 2.42. The van der Waals surface area contributed by atoms with Crippen molar-refractivity contribution in [3.8, 4) is 0 Å². The van der Waals surface area contributed by atoms with Crippen LogP contribution in [-0.4, -0.2) is 39.7 Å². The summed E-state index contributed by atoms with van der Waals surface area (Å²) in [5.74, 6) is -0.0737. The molecule has 1 aliphatic heterocycles. The number of carbonyl (C=O) groups excluding carboxylic acids is 1. The second-order valence-corrected chi connectivity index (χ2v) is 3.93. The molecule has 0 atom stereocenters. The Balaban J connectivity index is 2.71. The first kappa shape index (κ1) is 10.4. The maximum atomic E-state index is 11.4. The molecule has 0 spiro atoms. The minimum absolute atomic E-state index is 0.0737. The van der Waals surface area contributed by atoms with Crippen LogP contribution in [0.15, 0.2) is 0 Å². The van der Waals surface area contributed by atoms with Gasteiger partial charge in [0.25, 0.3) is 5.91 Å². The van der Waals surface area contributed by atoms with Gasteiger partial charge >= 0.3 is 0 Å². The minimum Gasteiger partial charge on any atom is -0.396 e. The largest absolute Gasteiger partial charge is 0.396 e. The first-order valence-corrected chi connectivity index (χ1v) is 4.65. The summed E-state index contributed by atoms with van der Waals surface area (Å²) in [4.78, 5) is 13.2. The summed E-state index contributed by atoms with van der Waals surface area (Å²) >= 11 is 4.99. The lowest BCUT2D eigenvalue weighted by atomic mass is 10.0. The molecule has 1 heterocycles. The van der Waals surface area contributed by atoms with E-state index in [1.165, 1.54) is 0 Å². The van der Waals surface area contributed by atoms with Crippen molar-refractivity contribution in [3.05, 3.63) is 0 Å².